The average molecular weight is 412 g/mol. The minimum Gasteiger partial charge on any atom is -0.385 e. The molecule has 1 amide bonds. The number of benzene rings is 2. The number of aromatic nitrogens is 2. The highest BCUT2D eigenvalue weighted by Crippen LogP contribution is 2.19. The highest BCUT2D eigenvalue weighted by molar-refractivity contribution is 7.99. The van der Waals surface area contributed by atoms with Crippen molar-refractivity contribution in [1.29, 1.82) is 0 Å². The molecular weight excluding hydrogens is 386 g/mol. The predicted molar refractivity (Wildman–Crippen MR) is 118 cm³/mol. The van der Waals surface area contributed by atoms with Crippen molar-refractivity contribution in [3.8, 4) is 0 Å². The third-order valence-corrected chi connectivity index (χ3v) is 5.66. The number of aryl methyl sites for hydroxylation is 2. The highest BCUT2D eigenvalue weighted by Gasteiger charge is 2.13. The molecule has 0 fully saturated rings. The topological polar surface area (TPSA) is 73.2 Å². The Bertz CT molecular complexity index is 1080. The van der Waals surface area contributed by atoms with Crippen LogP contribution in [0, 0.1) is 13.8 Å². The molecule has 3 rings (SSSR count). The summed E-state index contributed by atoms with van der Waals surface area (Å²) in [5.74, 6) is 0.0335. The maximum atomic E-state index is 12.9. The van der Waals surface area contributed by atoms with Crippen LogP contribution in [0.1, 0.15) is 17.5 Å². The van der Waals surface area contributed by atoms with E-state index in [1.54, 1.807) is 17.7 Å². The number of hydrogen-bond donors (Lipinski definition) is 1. The molecule has 1 aromatic heterocycles. The fourth-order valence-corrected chi connectivity index (χ4v) is 3.79. The molecule has 0 aliphatic heterocycles. The molecule has 0 radical (unpaired) electrons. The second kappa shape index (κ2) is 9.71. The number of para-hydroxylation sites is 1. The standard InChI is InChI=1S/C22H25N3O3S/c1-15-9-10-17(13-16(15)2)23-20(26)14-29-22-24-19-8-5-4-7-18(19)21(27)25(22)11-6-12-28-3/h4-5,7-10,13H,6,11-12,14H2,1-3H3,(H,23,26). The van der Waals surface area contributed by atoms with Gasteiger partial charge in [0.15, 0.2) is 5.16 Å². The van der Waals surface area contributed by atoms with Gasteiger partial charge < -0.3 is 10.1 Å². The third-order valence-electron chi connectivity index (χ3n) is 4.68. The van der Waals surface area contributed by atoms with E-state index in [2.05, 4.69) is 10.3 Å². The van der Waals surface area contributed by atoms with Crippen molar-refractivity contribution >= 4 is 34.3 Å². The van der Waals surface area contributed by atoms with Crippen LogP contribution in [0.15, 0.2) is 52.4 Å². The molecule has 0 spiro atoms. The number of methoxy groups -OCH3 is 1. The monoisotopic (exact) mass is 411 g/mol. The van der Waals surface area contributed by atoms with Crippen LogP contribution >= 0.6 is 11.8 Å². The summed E-state index contributed by atoms with van der Waals surface area (Å²) >= 11 is 1.27. The number of carbonyl (C=O) groups is 1. The first-order valence-corrected chi connectivity index (χ1v) is 10.5. The molecular formula is C22H25N3O3S. The zero-order chi connectivity index (χ0) is 20.8. The number of rotatable bonds is 8. The Labute approximate surface area is 174 Å². The molecule has 0 saturated carbocycles. The lowest BCUT2D eigenvalue weighted by atomic mass is 10.1. The zero-order valence-electron chi connectivity index (χ0n) is 16.9. The second-order valence-electron chi connectivity index (χ2n) is 6.85. The van der Waals surface area contributed by atoms with Gasteiger partial charge in [0.2, 0.25) is 5.91 Å². The van der Waals surface area contributed by atoms with Crippen molar-refractivity contribution < 1.29 is 9.53 Å². The summed E-state index contributed by atoms with van der Waals surface area (Å²) in [6, 6.07) is 13.1. The van der Waals surface area contributed by atoms with E-state index < -0.39 is 0 Å². The van der Waals surface area contributed by atoms with Gasteiger partial charge >= 0.3 is 0 Å². The smallest absolute Gasteiger partial charge is 0.262 e. The van der Waals surface area contributed by atoms with Gasteiger partial charge in [0.05, 0.1) is 16.7 Å². The molecule has 0 bridgehead atoms. The Hall–Kier alpha value is -2.64. The molecule has 3 aromatic rings. The van der Waals surface area contributed by atoms with E-state index in [0.29, 0.717) is 35.6 Å². The fraction of sp³-hybridized carbons (Fsp3) is 0.318. The van der Waals surface area contributed by atoms with Crippen LogP contribution in [0.3, 0.4) is 0 Å². The Morgan fingerprint density at radius 3 is 2.72 bits per heavy atom. The summed E-state index contributed by atoms with van der Waals surface area (Å²) < 4.78 is 6.74. The molecule has 1 N–H and O–H groups in total. The molecule has 1 heterocycles. The lowest BCUT2D eigenvalue weighted by Crippen LogP contribution is -2.25. The number of anilines is 1. The van der Waals surface area contributed by atoms with Crippen molar-refractivity contribution in [3.05, 3.63) is 63.9 Å². The number of amides is 1. The van der Waals surface area contributed by atoms with Crippen LogP contribution in [0.25, 0.3) is 10.9 Å². The first-order chi connectivity index (χ1) is 14.0. The van der Waals surface area contributed by atoms with E-state index in [1.165, 1.54) is 17.3 Å². The predicted octanol–water partition coefficient (Wildman–Crippen LogP) is 3.78. The van der Waals surface area contributed by atoms with Crippen molar-refractivity contribution in [2.75, 3.05) is 24.8 Å². The van der Waals surface area contributed by atoms with Gasteiger partial charge in [0.1, 0.15) is 0 Å². The zero-order valence-corrected chi connectivity index (χ0v) is 17.7. The first-order valence-electron chi connectivity index (χ1n) is 9.48. The summed E-state index contributed by atoms with van der Waals surface area (Å²) in [6.45, 7) is 5.09. The Balaban J connectivity index is 1.78. The van der Waals surface area contributed by atoms with E-state index in [9.17, 15) is 9.59 Å². The van der Waals surface area contributed by atoms with Gasteiger partial charge in [0, 0.05) is 25.9 Å². The van der Waals surface area contributed by atoms with Gasteiger partial charge in [-0.15, -0.1) is 0 Å². The van der Waals surface area contributed by atoms with Crippen molar-refractivity contribution in [1.82, 2.24) is 9.55 Å². The first kappa shape index (κ1) is 21.1. The van der Waals surface area contributed by atoms with Crippen LogP contribution in [0.4, 0.5) is 5.69 Å². The minimum absolute atomic E-state index is 0.0937. The van der Waals surface area contributed by atoms with Gasteiger partial charge in [-0.3, -0.25) is 14.2 Å². The molecule has 0 unspecified atom stereocenters. The Morgan fingerprint density at radius 2 is 1.97 bits per heavy atom. The van der Waals surface area contributed by atoms with E-state index in [-0.39, 0.29) is 17.2 Å². The van der Waals surface area contributed by atoms with Crippen LogP contribution in [-0.4, -0.2) is 34.9 Å². The van der Waals surface area contributed by atoms with Crippen LogP contribution < -0.4 is 10.9 Å². The van der Waals surface area contributed by atoms with Gasteiger partial charge in [0.25, 0.3) is 5.56 Å². The molecule has 0 aliphatic rings. The van der Waals surface area contributed by atoms with Gasteiger partial charge in [-0.25, -0.2) is 4.98 Å². The third kappa shape index (κ3) is 5.25. The second-order valence-corrected chi connectivity index (χ2v) is 7.79. The highest BCUT2D eigenvalue weighted by atomic mass is 32.2. The summed E-state index contributed by atoms with van der Waals surface area (Å²) in [5.41, 5.74) is 3.61. The molecule has 0 atom stereocenters. The average Bonchev–Trinajstić information content (AvgIpc) is 2.71. The fourth-order valence-electron chi connectivity index (χ4n) is 2.97. The lowest BCUT2D eigenvalue weighted by molar-refractivity contribution is -0.113. The number of carbonyl (C=O) groups excluding carboxylic acids is 1. The number of ether oxygens (including phenoxy) is 1. The number of nitrogens with one attached hydrogen (secondary N) is 1. The molecule has 29 heavy (non-hydrogen) atoms. The molecule has 7 heteroatoms. The molecule has 152 valence electrons. The quantitative estimate of drug-likeness (QED) is 0.347. The summed E-state index contributed by atoms with van der Waals surface area (Å²) in [5, 5.41) is 4.03. The van der Waals surface area contributed by atoms with Gasteiger partial charge in [-0.1, -0.05) is 30.0 Å². The van der Waals surface area contributed by atoms with Crippen LogP contribution in [-0.2, 0) is 16.1 Å². The van der Waals surface area contributed by atoms with E-state index in [0.717, 1.165) is 11.3 Å². The van der Waals surface area contributed by atoms with Crippen molar-refractivity contribution in [2.24, 2.45) is 0 Å². The maximum Gasteiger partial charge on any atom is 0.262 e. The molecule has 0 saturated heterocycles. The maximum absolute atomic E-state index is 12.9. The molecule has 6 nitrogen and oxygen atoms in total. The van der Waals surface area contributed by atoms with Crippen molar-refractivity contribution in [2.45, 2.75) is 32.0 Å². The van der Waals surface area contributed by atoms with Gasteiger partial charge in [-0.05, 0) is 55.7 Å². The SMILES string of the molecule is COCCCn1c(SCC(=O)Nc2ccc(C)c(C)c2)nc2ccccc2c1=O. The summed E-state index contributed by atoms with van der Waals surface area (Å²) in [7, 11) is 1.63. The molecule has 2 aromatic carbocycles. The lowest BCUT2D eigenvalue weighted by Gasteiger charge is -2.13. The number of thioether (sulfide) groups is 1. The van der Waals surface area contributed by atoms with E-state index in [4.69, 9.17) is 4.74 Å². The van der Waals surface area contributed by atoms with Gasteiger partial charge in [-0.2, -0.15) is 0 Å². The van der Waals surface area contributed by atoms with Crippen LogP contribution in [0.5, 0.6) is 0 Å². The number of nitrogens with zero attached hydrogens (tertiary/aromatic N) is 2. The minimum atomic E-state index is -0.135. The van der Waals surface area contributed by atoms with Crippen molar-refractivity contribution in [3.63, 3.8) is 0 Å². The van der Waals surface area contributed by atoms with E-state index >= 15 is 0 Å². The Morgan fingerprint density at radius 1 is 1.17 bits per heavy atom. The molecule has 0 aliphatic carbocycles. The number of hydrogen-bond acceptors (Lipinski definition) is 5. The summed E-state index contributed by atoms with van der Waals surface area (Å²) in [4.78, 5) is 30.0. The Kier molecular flexibility index (Phi) is 7.06. The normalized spacial score (nSPS) is 11.0. The largest absolute Gasteiger partial charge is 0.385 e. The van der Waals surface area contributed by atoms with Crippen LogP contribution in [0.2, 0.25) is 0 Å². The van der Waals surface area contributed by atoms with E-state index in [1.807, 2.05) is 50.2 Å². The summed E-state index contributed by atoms with van der Waals surface area (Å²) in [6.07, 6.45) is 0.693. The number of fused-ring (bicyclic) bond motifs is 1.